The summed E-state index contributed by atoms with van der Waals surface area (Å²) in [6, 6.07) is 5.60. The highest BCUT2D eigenvalue weighted by molar-refractivity contribution is 5.44. The molecule has 2 aromatic rings. The van der Waals surface area contributed by atoms with Crippen molar-refractivity contribution in [2.75, 3.05) is 13.6 Å². The minimum absolute atomic E-state index is 0.486. The Kier molecular flexibility index (Phi) is 3.61. The van der Waals surface area contributed by atoms with Gasteiger partial charge in [-0.1, -0.05) is 6.07 Å². The molecular weight excluding hydrogens is 204 g/mol. The van der Waals surface area contributed by atoms with Crippen LogP contribution in [-0.2, 0) is 6.42 Å². The first kappa shape index (κ1) is 10.8. The third-order valence-electron chi connectivity index (χ3n) is 2.17. The number of pyridine rings is 1. The van der Waals surface area contributed by atoms with Gasteiger partial charge in [0, 0.05) is 12.6 Å². The molecule has 0 spiro atoms. The Morgan fingerprint density at radius 3 is 3.00 bits per heavy atom. The lowest BCUT2D eigenvalue weighted by Gasteiger charge is -1.94. The topological polar surface area (TPSA) is 63.8 Å². The number of aryl methyl sites for hydroxylation is 1. The van der Waals surface area contributed by atoms with E-state index in [0.717, 1.165) is 25.1 Å². The fourth-order valence-corrected chi connectivity index (χ4v) is 1.36. The van der Waals surface area contributed by atoms with Crippen molar-refractivity contribution in [1.82, 2.24) is 20.5 Å². The van der Waals surface area contributed by atoms with Crippen LogP contribution in [0.2, 0.25) is 0 Å². The highest BCUT2D eigenvalue weighted by Gasteiger charge is 2.08. The van der Waals surface area contributed by atoms with E-state index in [4.69, 9.17) is 4.42 Å². The summed E-state index contributed by atoms with van der Waals surface area (Å²) in [5.41, 5.74) is 0.717. The monoisotopic (exact) mass is 218 g/mol. The number of aromatic nitrogens is 3. The van der Waals surface area contributed by atoms with E-state index in [1.807, 2.05) is 25.2 Å². The molecule has 0 aliphatic heterocycles. The molecule has 84 valence electrons. The van der Waals surface area contributed by atoms with E-state index in [1.54, 1.807) is 6.20 Å². The molecule has 0 bridgehead atoms. The normalized spacial score (nSPS) is 10.6. The van der Waals surface area contributed by atoms with Crippen LogP contribution >= 0.6 is 0 Å². The molecule has 2 aromatic heterocycles. The molecule has 0 fully saturated rings. The van der Waals surface area contributed by atoms with Crippen molar-refractivity contribution < 1.29 is 4.42 Å². The maximum absolute atomic E-state index is 5.50. The van der Waals surface area contributed by atoms with Crippen LogP contribution < -0.4 is 5.32 Å². The van der Waals surface area contributed by atoms with Gasteiger partial charge in [-0.15, -0.1) is 10.2 Å². The Morgan fingerprint density at radius 2 is 2.25 bits per heavy atom. The van der Waals surface area contributed by atoms with Crippen LogP contribution in [0.3, 0.4) is 0 Å². The van der Waals surface area contributed by atoms with Crippen molar-refractivity contribution in [2.24, 2.45) is 0 Å². The van der Waals surface area contributed by atoms with Gasteiger partial charge >= 0.3 is 0 Å². The highest BCUT2D eigenvalue weighted by atomic mass is 16.4. The summed E-state index contributed by atoms with van der Waals surface area (Å²) in [5.74, 6) is 1.15. The maximum atomic E-state index is 5.50. The fraction of sp³-hybridized carbons (Fsp3) is 0.364. The largest absolute Gasteiger partial charge is 0.419 e. The quantitative estimate of drug-likeness (QED) is 0.766. The number of nitrogens with zero attached hydrogens (tertiary/aromatic N) is 3. The molecule has 0 aliphatic rings. The van der Waals surface area contributed by atoms with E-state index in [1.165, 1.54) is 0 Å². The lowest BCUT2D eigenvalue weighted by molar-refractivity contribution is 0.493. The molecule has 0 aromatic carbocycles. The van der Waals surface area contributed by atoms with E-state index in [9.17, 15) is 0 Å². The van der Waals surface area contributed by atoms with Gasteiger partial charge in [0.05, 0.1) is 0 Å². The van der Waals surface area contributed by atoms with Crippen molar-refractivity contribution >= 4 is 0 Å². The summed E-state index contributed by atoms with van der Waals surface area (Å²) in [5, 5.41) is 11.0. The van der Waals surface area contributed by atoms with Gasteiger partial charge in [-0.05, 0) is 32.1 Å². The first-order chi connectivity index (χ1) is 7.90. The standard InChI is InChI=1S/C11H14N4O/c1-12-7-4-6-10-14-15-11(16-10)9-5-2-3-8-13-9/h2-3,5,8,12H,4,6-7H2,1H3. The fourth-order valence-electron chi connectivity index (χ4n) is 1.36. The van der Waals surface area contributed by atoms with E-state index >= 15 is 0 Å². The summed E-state index contributed by atoms with van der Waals surface area (Å²) in [4.78, 5) is 4.15. The summed E-state index contributed by atoms with van der Waals surface area (Å²) in [6.45, 7) is 0.946. The number of hydrogen-bond acceptors (Lipinski definition) is 5. The predicted octanol–water partition coefficient (Wildman–Crippen LogP) is 1.28. The number of rotatable bonds is 5. The Labute approximate surface area is 93.9 Å². The molecule has 16 heavy (non-hydrogen) atoms. The Hall–Kier alpha value is -1.75. The summed E-state index contributed by atoms with van der Waals surface area (Å²) in [7, 11) is 1.92. The van der Waals surface area contributed by atoms with Crippen LogP contribution in [-0.4, -0.2) is 28.8 Å². The molecule has 5 heteroatoms. The zero-order chi connectivity index (χ0) is 11.2. The molecular formula is C11H14N4O. The van der Waals surface area contributed by atoms with Crippen LogP contribution in [0, 0.1) is 0 Å². The second kappa shape index (κ2) is 5.37. The minimum atomic E-state index is 0.486. The van der Waals surface area contributed by atoms with Gasteiger partial charge in [0.1, 0.15) is 5.69 Å². The summed E-state index contributed by atoms with van der Waals surface area (Å²) < 4.78 is 5.50. The van der Waals surface area contributed by atoms with E-state index < -0.39 is 0 Å². The van der Waals surface area contributed by atoms with E-state index in [0.29, 0.717) is 11.8 Å². The SMILES string of the molecule is CNCCCc1nnc(-c2ccccn2)o1. The number of nitrogens with one attached hydrogen (secondary N) is 1. The molecule has 0 radical (unpaired) electrons. The summed E-state index contributed by atoms with van der Waals surface area (Å²) in [6.07, 6.45) is 3.49. The molecule has 0 saturated carbocycles. The van der Waals surface area contributed by atoms with Crippen LogP contribution in [0.5, 0.6) is 0 Å². The molecule has 0 amide bonds. The van der Waals surface area contributed by atoms with Gasteiger partial charge < -0.3 is 9.73 Å². The van der Waals surface area contributed by atoms with Gasteiger partial charge in [0.15, 0.2) is 0 Å². The summed E-state index contributed by atoms with van der Waals surface area (Å²) >= 11 is 0. The first-order valence-corrected chi connectivity index (χ1v) is 5.28. The van der Waals surface area contributed by atoms with Crippen molar-refractivity contribution in [3.8, 4) is 11.6 Å². The van der Waals surface area contributed by atoms with Gasteiger partial charge in [0.2, 0.25) is 5.89 Å². The minimum Gasteiger partial charge on any atom is -0.419 e. The van der Waals surface area contributed by atoms with Gasteiger partial charge in [-0.2, -0.15) is 0 Å². The molecule has 5 nitrogen and oxygen atoms in total. The Balaban J connectivity index is 2.02. The second-order valence-electron chi connectivity index (χ2n) is 3.42. The predicted molar refractivity (Wildman–Crippen MR) is 59.8 cm³/mol. The first-order valence-electron chi connectivity index (χ1n) is 5.28. The van der Waals surface area contributed by atoms with Crippen LogP contribution in [0.25, 0.3) is 11.6 Å². The van der Waals surface area contributed by atoms with Gasteiger partial charge in [-0.3, -0.25) is 4.98 Å². The van der Waals surface area contributed by atoms with Crippen molar-refractivity contribution in [3.05, 3.63) is 30.3 Å². The van der Waals surface area contributed by atoms with Crippen molar-refractivity contribution in [2.45, 2.75) is 12.8 Å². The molecule has 2 heterocycles. The molecule has 0 aliphatic carbocycles. The van der Waals surface area contributed by atoms with Crippen molar-refractivity contribution in [1.29, 1.82) is 0 Å². The van der Waals surface area contributed by atoms with Gasteiger partial charge in [-0.25, -0.2) is 0 Å². The molecule has 1 N–H and O–H groups in total. The van der Waals surface area contributed by atoms with Gasteiger partial charge in [0.25, 0.3) is 5.89 Å². The van der Waals surface area contributed by atoms with Crippen LogP contribution in [0.4, 0.5) is 0 Å². The zero-order valence-corrected chi connectivity index (χ0v) is 9.18. The Morgan fingerprint density at radius 1 is 1.31 bits per heavy atom. The van der Waals surface area contributed by atoms with Crippen LogP contribution in [0.15, 0.2) is 28.8 Å². The molecule has 0 unspecified atom stereocenters. The van der Waals surface area contributed by atoms with Crippen LogP contribution in [0.1, 0.15) is 12.3 Å². The average molecular weight is 218 g/mol. The zero-order valence-electron chi connectivity index (χ0n) is 9.18. The smallest absolute Gasteiger partial charge is 0.266 e. The maximum Gasteiger partial charge on any atom is 0.266 e. The molecule has 2 rings (SSSR count). The third-order valence-corrected chi connectivity index (χ3v) is 2.17. The Bertz CT molecular complexity index is 427. The lowest BCUT2D eigenvalue weighted by atomic mass is 10.3. The lowest BCUT2D eigenvalue weighted by Crippen LogP contribution is -2.08. The highest BCUT2D eigenvalue weighted by Crippen LogP contribution is 2.14. The van der Waals surface area contributed by atoms with Crippen molar-refractivity contribution in [3.63, 3.8) is 0 Å². The molecule has 0 saturated heterocycles. The van der Waals surface area contributed by atoms with E-state index in [2.05, 4.69) is 20.5 Å². The number of hydrogen-bond donors (Lipinski definition) is 1. The third kappa shape index (κ3) is 2.64. The van der Waals surface area contributed by atoms with E-state index in [-0.39, 0.29) is 0 Å². The molecule has 0 atom stereocenters. The average Bonchev–Trinajstić information content (AvgIpc) is 2.79. The second-order valence-corrected chi connectivity index (χ2v) is 3.42.